The van der Waals surface area contributed by atoms with Gasteiger partial charge in [0.25, 0.3) is 0 Å². The van der Waals surface area contributed by atoms with Crippen molar-refractivity contribution in [3.05, 3.63) is 100 Å². The summed E-state index contributed by atoms with van der Waals surface area (Å²) in [4.78, 5) is 14.3. The molecule has 3 rings (SSSR count). The second kappa shape index (κ2) is 9.51. The van der Waals surface area contributed by atoms with Crippen LogP contribution in [0.3, 0.4) is 0 Å². The molecule has 0 amide bonds. The number of hydrogen-bond acceptors (Lipinski definition) is 4. The summed E-state index contributed by atoms with van der Waals surface area (Å²) in [5.41, 5.74) is -2.37. The predicted molar refractivity (Wildman–Crippen MR) is 115 cm³/mol. The van der Waals surface area contributed by atoms with E-state index in [1.807, 2.05) is 6.07 Å². The van der Waals surface area contributed by atoms with Crippen molar-refractivity contribution >= 4 is 11.7 Å². The van der Waals surface area contributed by atoms with Gasteiger partial charge in [-0.15, -0.1) is 0 Å². The van der Waals surface area contributed by atoms with E-state index >= 15 is 0 Å². The first kappa shape index (κ1) is 24.7. The van der Waals surface area contributed by atoms with Gasteiger partial charge in [-0.25, -0.2) is 13.6 Å². The second-order valence-corrected chi connectivity index (χ2v) is 7.46. The van der Waals surface area contributed by atoms with Crippen molar-refractivity contribution in [2.45, 2.75) is 19.0 Å². The summed E-state index contributed by atoms with van der Waals surface area (Å²) in [7, 11) is 1.46. The highest BCUT2D eigenvalue weighted by molar-refractivity contribution is 5.95. The summed E-state index contributed by atoms with van der Waals surface area (Å²) in [5, 5.41) is 10.1. The first-order valence-corrected chi connectivity index (χ1v) is 10.0. The first-order valence-electron chi connectivity index (χ1n) is 10.0. The Bertz CT molecular complexity index is 1250. The Morgan fingerprint density at radius 1 is 1.24 bits per heavy atom. The van der Waals surface area contributed by atoms with Gasteiger partial charge in [0.1, 0.15) is 18.2 Å². The monoisotopic (exact) mass is 474 g/mol. The molecule has 2 aromatic carbocycles. The third-order valence-corrected chi connectivity index (χ3v) is 5.49. The van der Waals surface area contributed by atoms with Crippen molar-refractivity contribution in [2.24, 2.45) is 0 Å². The number of allylic oxidation sites excluding steroid dienone is 2. The number of hydrogen-bond donors (Lipinski definition) is 0. The fourth-order valence-electron chi connectivity index (χ4n) is 3.93. The number of esters is 1. The lowest BCUT2D eigenvalue weighted by Crippen LogP contribution is -2.31. The molecule has 34 heavy (non-hydrogen) atoms. The van der Waals surface area contributed by atoms with Crippen molar-refractivity contribution < 1.29 is 31.5 Å². The van der Waals surface area contributed by atoms with Crippen molar-refractivity contribution in [1.82, 2.24) is 4.90 Å². The molecule has 0 aromatic heterocycles. The van der Waals surface area contributed by atoms with Gasteiger partial charge in [-0.3, -0.25) is 0 Å². The van der Waals surface area contributed by atoms with Crippen LogP contribution in [0.15, 0.2) is 72.0 Å². The molecule has 0 bridgehead atoms. The van der Waals surface area contributed by atoms with Crippen LogP contribution in [0.4, 0.5) is 22.0 Å². The molecule has 176 valence electrons. The van der Waals surface area contributed by atoms with Gasteiger partial charge >= 0.3 is 12.1 Å². The topological polar surface area (TPSA) is 53.3 Å². The van der Waals surface area contributed by atoms with Crippen LogP contribution in [0.25, 0.3) is 5.70 Å². The molecule has 0 spiro atoms. The standard InChI is InChI=1S/C25H19F5N2O2/c1-4-11-34-24(33)21-14(2)32(3)23(17-7-5-6-8-20(17)27)18(13-31)22(21)16-10-9-15(26)12-19(16)25(28,29)30/h4-10,12,22H,1,11H2,2-3H3. The van der Waals surface area contributed by atoms with Gasteiger partial charge < -0.3 is 9.64 Å². The Balaban J connectivity index is 2.42. The summed E-state index contributed by atoms with van der Waals surface area (Å²) in [5.74, 6) is -4.42. The molecular weight excluding hydrogens is 455 g/mol. The van der Waals surface area contributed by atoms with Crippen LogP contribution in [0.5, 0.6) is 0 Å². The molecule has 1 heterocycles. The van der Waals surface area contributed by atoms with Gasteiger partial charge in [0.05, 0.1) is 34.4 Å². The molecule has 1 atom stereocenters. The van der Waals surface area contributed by atoms with E-state index in [1.54, 1.807) is 0 Å². The predicted octanol–water partition coefficient (Wildman–Crippen LogP) is 5.95. The number of nitriles is 1. The number of carbonyl (C=O) groups excluding carboxylic acids is 1. The van der Waals surface area contributed by atoms with E-state index < -0.39 is 40.8 Å². The minimum absolute atomic E-state index is 0.0131. The maximum atomic E-state index is 14.7. The van der Waals surface area contributed by atoms with Gasteiger partial charge in [0.2, 0.25) is 0 Å². The second-order valence-electron chi connectivity index (χ2n) is 7.46. The quantitative estimate of drug-likeness (QED) is 0.305. The van der Waals surface area contributed by atoms with Crippen LogP contribution < -0.4 is 0 Å². The van der Waals surface area contributed by atoms with Crippen LogP contribution in [-0.4, -0.2) is 24.5 Å². The average Bonchev–Trinajstić information content (AvgIpc) is 2.79. The highest BCUT2D eigenvalue weighted by Gasteiger charge is 2.43. The van der Waals surface area contributed by atoms with Gasteiger partial charge in [0, 0.05) is 18.3 Å². The van der Waals surface area contributed by atoms with E-state index in [1.165, 1.54) is 43.1 Å². The first-order chi connectivity index (χ1) is 16.0. The van der Waals surface area contributed by atoms with Gasteiger partial charge in [0.15, 0.2) is 0 Å². The van der Waals surface area contributed by atoms with E-state index in [9.17, 15) is 32.0 Å². The zero-order valence-corrected chi connectivity index (χ0v) is 18.2. The Morgan fingerprint density at radius 2 is 1.91 bits per heavy atom. The molecule has 1 unspecified atom stereocenters. The minimum Gasteiger partial charge on any atom is -0.458 e. The van der Waals surface area contributed by atoms with Gasteiger partial charge in [-0.05, 0) is 36.8 Å². The molecule has 4 nitrogen and oxygen atoms in total. The largest absolute Gasteiger partial charge is 0.458 e. The van der Waals surface area contributed by atoms with Crippen LogP contribution in [0.1, 0.15) is 29.5 Å². The summed E-state index contributed by atoms with van der Waals surface area (Å²) >= 11 is 0. The van der Waals surface area contributed by atoms with Crippen molar-refractivity contribution in [1.29, 1.82) is 5.26 Å². The molecule has 0 fully saturated rings. The molecule has 9 heteroatoms. The van der Waals surface area contributed by atoms with E-state index in [0.717, 1.165) is 18.2 Å². The molecule has 0 saturated heterocycles. The highest BCUT2D eigenvalue weighted by atomic mass is 19.4. The van der Waals surface area contributed by atoms with Crippen LogP contribution >= 0.6 is 0 Å². The molecular formula is C25H19F5N2O2. The third-order valence-electron chi connectivity index (χ3n) is 5.49. The lowest BCUT2D eigenvalue weighted by molar-refractivity contribution is -0.140. The van der Waals surface area contributed by atoms with Crippen LogP contribution in [0.2, 0.25) is 0 Å². The van der Waals surface area contributed by atoms with Crippen LogP contribution in [-0.2, 0) is 15.7 Å². The third kappa shape index (κ3) is 4.44. The molecule has 0 saturated carbocycles. The SMILES string of the molecule is C=CCOC(=O)C1=C(C)N(C)C(c2ccccc2F)=C(C#N)C1c1ccc(F)cc1C(F)(F)F. The number of carbonyl (C=O) groups is 1. The van der Waals surface area contributed by atoms with Crippen LogP contribution in [0, 0.1) is 23.0 Å². The summed E-state index contributed by atoms with van der Waals surface area (Å²) in [6.07, 6.45) is -3.72. The number of nitrogens with zero attached hydrogens (tertiary/aromatic N) is 2. The van der Waals surface area contributed by atoms with Gasteiger partial charge in [-0.2, -0.15) is 18.4 Å². The minimum atomic E-state index is -5.00. The summed E-state index contributed by atoms with van der Waals surface area (Å²) in [6, 6.07) is 9.30. The Labute approximate surface area is 192 Å². The number of halogens is 5. The Morgan fingerprint density at radius 3 is 2.50 bits per heavy atom. The molecule has 2 aromatic rings. The smallest absolute Gasteiger partial charge is 0.416 e. The fourth-order valence-corrected chi connectivity index (χ4v) is 3.93. The zero-order valence-electron chi connectivity index (χ0n) is 18.2. The summed E-state index contributed by atoms with van der Waals surface area (Å²) < 4.78 is 75.4. The number of ether oxygens (including phenoxy) is 1. The molecule has 1 aliphatic rings. The van der Waals surface area contributed by atoms with Gasteiger partial charge in [-0.1, -0.05) is 30.9 Å². The summed E-state index contributed by atoms with van der Waals surface area (Å²) in [6.45, 7) is 4.66. The molecule has 0 aliphatic carbocycles. The average molecular weight is 474 g/mol. The zero-order chi connectivity index (χ0) is 25.2. The number of benzene rings is 2. The maximum absolute atomic E-state index is 14.7. The maximum Gasteiger partial charge on any atom is 0.416 e. The van der Waals surface area contributed by atoms with E-state index in [2.05, 4.69) is 6.58 Å². The molecule has 0 radical (unpaired) electrons. The van der Waals surface area contributed by atoms with Crippen molar-refractivity contribution in [3.8, 4) is 6.07 Å². The van der Waals surface area contributed by atoms with E-state index in [-0.39, 0.29) is 34.7 Å². The number of alkyl halides is 3. The van der Waals surface area contributed by atoms with Crippen molar-refractivity contribution in [2.75, 3.05) is 13.7 Å². The lowest BCUT2D eigenvalue weighted by atomic mass is 9.77. The molecule has 1 aliphatic heterocycles. The fraction of sp³-hybridized carbons (Fsp3) is 0.200. The Kier molecular flexibility index (Phi) is 6.91. The Hall–Kier alpha value is -3.93. The highest BCUT2D eigenvalue weighted by Crippen LogP contribution is 2.48. The lowest BCUT2D eigenvalue weighted by Gasteiger charge is -2.36. The normalized spacial score (nSPS) is 16.4. The molecule has 0 N–H and O–H groups in total. The number of rotatable bonds is 5. The van der Waals surface area contributed by atoms with Crippen molar-refractivity contribution in [3.63, 3.8) is 0 Å². The van der Waals surface area contributed by atoms with E-state index in [4.69, 9.17) is 4.74 Å². The van der Waals surface area contributed by atoms with E-state index in [0.29, 0.717) is 6.07 Å².